The molecule has 0 saturated heterocycles. The van der Waals surface area contributed by atoms with E-state index in [1.165, 1.54) is 11.3 Å². The average molecular weight is 413 g/mol. The Labute approximate surface area is 170 Å². The molecule has 0 saturated carbocycles. The van der Waals surface area contributed by atoms with Crippen molar-refractivity contribution in [3.05, 3.63) is 71.3 Å². The van der Waals surface area contributed by atoms with Crippen molar-refractivity contribution in [3.63, 3.8) is 0 Å². The highest BCUT2D eigenvalue weighted by Crippen LogP contribution is 2.21. The van der Waals surface area contributed by atoms with Crippen molar-refractivity contribution in [2.24, 2.45) is 0 Å². The number of hydrogen-bond acceptors (Lipinski definition) is 6. The second-order valence-electron chi connectivity index (χ2n) is 7.33. The monoisotopic (exact) mass is 412 g/mol. The molecule has 1 aromatic carbocycles. The highest BCUT2D eigenvalue weighted by Gasteiger charge is 2.21. The van der Waals surface area contributed by atoms with Crippen LogP contribution in [0.4, 0.5) is 0 Å². The Bertz CT molecular complexity index is 1110. The van der Waals surface area contributed by atoms with Crippen LogP contribution in [-0.2, 0) is 35.9 Å². The van der Waals surface area contributed by atoms with Gasteiger partial charge in [-0.3, -0.25) is 4.90 Å². The topological polar surface area (TPSA) is 77.3 Å². The lowest BCUT2D eigenvalue weighted by atomic mass is 10.1. The third kappa shape index (κ3) is 4.49. The summed E-state index contributed by atoms with van der Waals surface area (Å²) in [6, 6.07) is 12.3. The van der Waals surface area contributed by atoms with Crippen LogP contribution < -0.4 is 4.74 Å². The molecule has 0 fully saturated rings. The lowest BCUT2D eigenvalue weighted by molar-refractivity contribution is 0.236. The number of hydrogen-bond donors (Lipinski definition) is 0. The Balaban J connectivity index is 1.45. The van der Waals surface area contributed by atoms with Gasteiger partial charge in [0.15, 0.2) is 0 Å². The molecule has 3 aromatic rings. The lowest BCUT2D eigenvalue weighted by Crippen LogP contribution is -2.32. The summed E-state index contributed by atoms with van der Waals surface area (Å²) in [5, 5.41) is -0.0851. The number of aromatic nitrogens is 3. The van der Waals surface area contributed by atoms with Gasteiger partial charge in [-0.1, -0.05) is 12.1 Å². The van der Waals surface area contributed by atoms with E-state index in [-0.39, 0.29) is 5.16 Å². The number of fused-ring (bicyclic) bond motifs is 1. The first-order valence-electron chi connectivity index (χ1n) is 9.46. The zero-order chi connectivity index (χ0) is 20.4. The molecular weight excluding hydrogens is 388 g/mol. The number of ether oxygens (including phenoxy) is 1. The molecule has 0 atom stereocenters. The predicted octanol–water partition coefficient (Wildman–Crippen LogP) is 2.30. The molecule has 8 heteroatoms. The first-order chi connectivity index (χ1) is 13.9. The fraction of sp³-hybridized carbons (Fsp3) is 0.333. The summed E-state index contributed by atoms with van der Waals surface area (Å²) in [6.07, 6.45) is 5.61. The largest absolute Gasteiger partial charge is 0.497 e. The first-order valence-corrected chi connectivity index (χ1v) is 11.4. The zero-order valence-corrected chi connectivity index (χ0v) is 17.4. The summed E-state index contributed by atoms with van der Waals surface area (Å²) in [4.78, 5) is 10.6. The van der Waals surface area contributed by atoms with Crippen molar-refractivity contribution < 1.29 is 13.2 Å². The minimum atomic E-state index is -3.38. The molecule has 152 valence electrons. The van der Waals surface area contributed by atoms with Crippen molar-refractivity contribution in [1.82, 2.24) is 19.4 Å². The third-order valence-electron chi connectivity index (χ3n) is 5.14. The second kappa shape index (κ2) is 7.96. The van der Waals surface area contributed by atoms with Crippen LogP contribution in [0.1, 0.15) is 22.5 Å². The van der Waals surface area contributed by atoms with Crippen molar-refractivity contribution in [1.29, 1.82) is 0 Å². The van der Waals surface area contributed by atoms with Gasteiger partial charge in [0, 0.05) is 62.5 Å². The van der Waals surface area contributed by atoms with Crippen LogP contribution >= 0.6 is 0 Å². The molecule has 2 aromatic heterocycles. The summed E-state index contributed by atoms with van der Waals surface area (Å²) in [6.45, 7) is 3.17. The number of sulfone groups is 1. The second-order valence-corrected chi connectivity index (χ2v) is 9.24. The fourth-order valence-electron chi connectivity index (χ4n) is 3.57. The molecule has 29 heavy (non-hydrogen) atoms. The van der Waals surface area contributed by atoms with Crippen LogP contribution in [0.5, 0.6) is 5.75 Å². The maximum Gasteiger partial charge on any atom is 0.246 e. The summed E-state index contributed by atoms with van der Waals surface area (Å²) < 4.78 is 30.8. The van der Waals surface area contributed by atoms with Gasteiger partial charge in [0.25, 0.3) is 0 Å². The number of nitrogens with zero attached hydrogens (tertiary/aromatic N) is 4. The zero-order valence-electron chi connectivity index (χ0n) is 16.6. The van der Waals surface area contributed by atoms with Gasteiger partial charge in [-0.15, -0.1) is 0 Å². The smallest absolute Gasteiger partial charge is 0.246 e. The van der Waals surface area contributed by atoms with E-state index in [9.17, 15) is 8.42 Å². The molecule has 4 rings (SSSR count). The van der Waals surface area contributed by atoms with Crippen LogP contribution in [0.25, 0.3) is 0 Å². The fourth-order valence-corrected chi connectivity index (χ4v) is 4.09. The number of benzene rings is 1. The van der Waals surface area contributed by atoms with Gasteiger partial charge in [-0.25, -0.2) is 18.4 Å². The molecule has 0 unspecified atom stereocenters. The van der Waals surface area contributed by atoms with Gasteiger partial charge in [0.2, 0.25) is 15.0 Å². The van der Waals surface area contributed by atoms with Crippen molar-refractivity contribution in [2.45, 2.75) is 31.2 Å². The van der Waals surface area contributed by atoms with Crippen molar-refractivity contribution in [2.75, 3.05) is 19.9 Å². The SMILES string of the molecule is COc1ccc(Cn2cccc2CN2CCc3nc(S(C)(=O)=O)ncc3C2)cc1. The molecule has 0 spiro atoms. The Kier molecular flexibility index (Phi) is 5.38. The van der Waals surface area contributed by atoms with Crippen LogP contribution in [0, 0.1) is 0 Å². The van der Waals surface area contributed by atoms with Crippen LogP contribution in [0.2, 0.25) is 0 Å². The van der Waals surface area contributed by atoms with E-state index in [0.29, 0.717) is 6.54 Å². The van der Waals surface area contributed by atoms with Crippen LogP contribution in [0.3, 0.4) is 0 Å². The van der Waals surface area contributed by atoms with E-state index < -0.39 is 9.84 Å². The van der Waals surface area contributed by atoms with Gasteiger partial charge in [-0.05, 0) is 29.8 Å². The van der Waals surface area contributed by atoms with Gasteiger partial charge >= 0.3 is 0 Å². The normalized spacial score (nSPS) is 14.6. The maximum absolute atomic E-state index is 11.7. The molecule has 1 aliphatic heterocycles. The van der Waals surface area contributed by atoms with Gasteiger partial charge in [0.05, 0.1) is 12.8 Å². The van der Waals surface area contributed by atoms with Gasteiger partial charge in [0.1, 0.15) is 5.75 Å². The maximum atomic E-state index is 11.7. The Morgan fingerprint density at radius 1 is 1.14 bits per heavy atom. The van der Waals surface area contributed by atoms with E-state index >= 15 is 0 Å². The first kappa shape index (κ1) is 19.6. The molecule has 0 aliphatic carbocycles. The summed E-state index contributed by atoms with van der Waals surface area (Å²) in [7, 11) is -1.71. The molecule has 3 heterocycles. The van der Waals surface area contributed by atoms with Crippen molar-refractivity contribution in [3.8, 4) is 5.75 Å². The molecule has 7 nitrogen and oxygen atoms in total. The van der Waals surface area contributed by atoms with E-state index in [4.69, 9.17) is 4.74 Å². The van der Waals surface area contributed by atoms with Gasteiger partial charge < -0.3 is 9.30 Å². The van der Waals surface area contributed by atoms with Crippen LogP contribution in [-0.4, -0.2) is 47.8 Å². The van der Waals surface area contributed by atoms with Gasteiger partial charge in [-0.2, -0.15) is 0 Å². The number of rotatable bonds is 6. The van der Waals surface area contributed by atoms with E-state index in [2.05, 4.69) is 49.9 Å². The van der Waals surface area contributed by atoms with E-state index in [0.717, 1.165) is 49.3 Å². The molecule has 0 radical (unpaired) electrons. The molecule has 0 amide bonds. The van der Waals surface area contributed by atoms with E-state index in [1.807, 2.05) is 12.1 Å². The Morgan fingerprint density at radius 3 is 2.66 bits per heavy atom. The minimum absolute atomic E-state index is 0.0851. The molecule has 0 bridgehead atoms. The van der Waals surface area contributed by atoms with Crippen molar-refractivity contribution >= 4 is 9.84 Å². The molecular formula is C21H24N4O3S. The highest BCUT2D eigenvalue weighted by molar-refractivity contribution is 7.90. The van der Waals surface area contributed by atoms with Crippen LogP contribution in [0.15, 0.2) is 53.9 Å². The standard InChI is InChI=1S/C21H24N4O3S/c1-28-19-7-5-16(6-8-19)13-25-10-3-4-18(25)15-24-11-9-20-17(14-24)12-22-21(23-20)29(2,26)27/h3-8,10,12H,9,11,13-15H2,1-2H3. The van der Waals surface area contributed by atoms with E-state index in [1.54, 1.807) is 13.3 Å². The average Bonchev–Trinajstić information content (AvgIpc) is 3.14. The Morgan fingerprint density at radius 2 is 1.93 bits per heavy atom. The predicted molar refractivity (Wildman–Crippen MR) is 109 cm³/mol. The minimum Gasteiger partial charge on any atom is -0.497 e. The Hall–Kier alpha value is -2.71. The number of methoxy groups -OCH3 is 1. The summed E-state index contributed by atoms with van der Waals surface area (Å²) >= 11 is 0. The third-order valence-corrected chi connectivity index (χ3v) is 6.00. The lowest BCUT2D eigenvalue weighted by Gasteiger charge is -2.28. The highest BCUT2D eigenvalue weighted by atomic mass is 32.2. The summed E-state index contributed by atoms with van der Waals surface area (Å²) in [5.41, 5.74) is 4.29. The summed E-state index contributed by atoms with van der Waals surface area (Å²) in [5.74, 6) is 0.856. The molecule has 1 aliphatic rings. The quantitative estimate of drug-likeness (QED) is 0.578. The molecule has 0 N–H and O–H groups in total.